The Balaban J connectivity index is 2.66. The van der Waals surface area contributed by atoms with E-state index in [1.165, 1.54) is 5.56 Å². The molecule has 1 unspecified atom stereocenters. The van der Waals surface area contributed by atoms with E-state index in [0.717, 1.165) is 12.2 Å². The Hall–Kier alpha value is -0.260. The summed E-state index contributed by atoms with van der Waals surface area (Å²) in [4.78, 5) is 0. The van der Waals surface area contributed by atoms with Gasteiger partial charge in [-0.1, -0.05) is 38.5 Å². The minimum atomic E-state index is -0.938. The Morgan fingerprint density at radius 3 is 2.27 bits per heavy atom. The van der Waals surface area contributed by atoms with Gasteiger partial charge in [-0.15, -0.1) is 0 Å². The lowest BCUT2D eigenvalue weighted by molar-refractivity contribution is 0.562. The van der Waals surface area contributed by atoms with Crippen LogP contribution in [0.3, 0.4) is 0 Å². The average molecular weight is 245 g/mol. The molecule has 0 N–H and O–H groups in total. The summed E-state index contributed by atoms with van der Waals surface area (Å²) in [6.45, 7) is 8.47. The highest BCUT2D eigenvalue weighted by molar-refractivity contribution is 7.81. The summed E-state index contributed by atoms with van der Waals surface area (Å²) in [5, 5.41) is 0.0573. The van der Waals surface area contributed by atoms with Gasteiger partial charge in [0.2, 0.25) is 0 Å². The van der Waals surface area contributed by atoms with Gasteiger partial charge in [0.15, 0.2) is 7.50 Å². The molecule has 0 aliphatic rings. The second-order valence-corrected chi connectivity index (χ2v) is 7.12. The summed E-state index contributed by atoms with van der Waals surface area (Å²) in [7, 11) is -0.938. The van der Waals surface area contributed by atoms with Crippen molar-refractivity contribution >= 4 is 18.7 Å². The molecule has 0 saturated heterocycles. The maximum Gasteiger partial charge on any atom is 0.188 e. The van der Waals surface area contributed by atoms with Gasteiger partial charge in [-0.2, -0.15) is 0 Å². The fraction of sp³-hybridized carbons (Fsp3) is 0.500. The van der Waals surface area contributed by atoms with Gasteiger partial charge >= 0.3 is 0 Å². The van der Waals surface area contributed by atoms with E-state index in [-0.39, 0.29) is 5.16 Å². The van der Waals surface area contributed by atoms with Crippen molar-refractivity contribution in [2.24, 2.45) is 0 Å². The van der Waals surface area contributed by atoms with Crippen LogP contribution < -0.4 is 4.52 Å². The van der Waals surface area contributed by atoms with Crippen molar-refractivity contribution in [1.29, 1.82) is 0 Å². The van der Waals surface area contributed by atoms with Gasteiger partial charge in [-0.25, -0.2) is 0 Å². The zero-order chi connectivity index (χ0) is 11.5. The summed E-state index contributed by atoms with van der Waals surface area (Å²) in [6.07, 6.45) is 1.02. The van der Waals surface area contributed by atoms with Gasteiger partial charge in [-0.05, 0) is 36.7 Å². The summed E-state index contributed by atoms with van der Waals surface area (Å²) in [5.74, 6) is 0.864. The molecule has 0 fully saturated rings. The highest BCUT2D eigenvalue weighted by Crippen LogP contribution is 2.56. The van der Waals surface area contributed by atoms with Crippen molar-refractivity contribution in [1.82, 2.24) is 0 Å². The predicted molar refractivity (Wildman–Crippen MR) is 69.0 cm³/mol. The SMILES string of the molecule is CCC(C)(C)P(Cl)Oc1ccc(C)cc1. The fourth-order valence-electron chi connectivity index (χ4n) is 0.940. The molecule has 1 rings (SSSR count). The number of hydrogen-bond acceptors (Lipinski definition) is 1. The second kappa shape index (κ2) is 5.18. The fourth-order valence-corrected chi connectivity index (χ4v) is 2.34. The third kappa shape index (κ3) is 3.66. The van der Waals surface area contributed by atoms with E-state index in [1.54, 1.807) is 0 Å². The minimum Gasteiger partial charge on any atom is -0.457 e. The van der Waals surface area contributed by atoms with Gasteiger partial charge in [0.1, 0.15) is 5.75 Å². The minimum absolute atomic E-state index is 0.0573. The molecule has 0 heterocycles. The van der Waals surface area contributed by atoms with Gasteiger partial charge in [0, 0.05) is 5.16 Å². The molecular formula is C12H18ClOP. The maximum atomic E-state index is 6.29. The van der Waals surface area contributed by atoms with E-state index in [9.17, 15) is 0 Å². The van der Waals surface area contributed by atoms with E-state index in [2.05, 4.69) is 27.7 Å². The topological polar surface area (TPSA) is 9.23 Å². The first-order valence-corrected chi connectivity index (χ1v) is 7.33. The van der Waals surface area contributed by atoms with Crippen molar-refractivity contribution in [3.63, 3.8) is 0 Å². The molecule has 3 heteroatoms. The Labute approximate surface area is 98.4 Å². The third-order valence-corrected chi connectivity index (χ3v) is 5.77. The second-order valence-electron chi connectivity index (χ2n) is 4.32. The molecule has 0 aliphatic heterocycles. The Morgan fingerprint density at radius 1 is 1.27 bits per heavy atom. The quantitative estimate of drug-likeness (QED) is 0.669. The molecule has 0 amide bonds. The average Bonchev–Trinajstić information content (AvgIpc) is 2.21. The molecule has 15 heavy (non-hydrogen) atoms. The lowest BCUT2D eigenvalue weighted by atomic mass is 10.1. The van der Waals surface area contributed by atoms with Crippen LogP contribution in [-0.4, -0.2) is 5.16 Å². The normalized spacial score (nSPS) is 13.7. The van der Waals surface area contributed by atoms with Crippen LogP contribution in [0, 0.1) is 6.92 Å². The van der Waals surface area contributed by atoms with Crippen molar-refractivity contribution in [2.75, 3.05) is 0 Å². The first kappa shape index (κ1) is 12.8. The van der Waals surface area contributed by atoms with Crippen molar-refractivity contribution in [3.05, 3.63) is 29.8 Å². The monoisotopic (exact) mass is 244 g/mol. The van der Waals surface area contributed by atoms with Crippen molar-refractivity contribution < 1.29 is 4.52 Å². The Morgan fingerprint density at radius 2 is 1.80 bits per heavy atom. The zero-order valence-corrected chi connectivity index (χ0v) is 11.4. The molecule has 84 valence electrons. The van der Waals surface area contributed by atoms with Crippen LogP contribution in [-0.2, 0) is 0 Å². The molecule has 0 saturated carbocycles. The molecular weight excluding hydrogens is 227 g/mol. The molecule has 0 aliphatic carbocycles. The van der Waals surface area contributed by atoms with Gasteiger partial charge in [0.25, 0.3) is 0 Å². The van der Waals surface area contributed by atoms with Crippen LogP contribution in [0.5, 0.6) is 5.75 Å². The highest BCUT2D eigenvalue weighted by atomic mass is 35.7. The largest absolute Gasteiger partial charge is 0.457 e. The number of halogens is 1. The van der Waals surface area contributed by atoms with Crippen LogP contribution in [0.1, 0.15) is 32.8 Å². The third-order valence-electron chi connectivity index (χ3n) is 2.55. The van der Waals surface area contributed by atoms with Crippen LogP contribution in [0.15, 0.2) is 24.3 Å². The number of rotatable bonds is 4. The van der Waals surface area contributed by atoms with Crippen LogP contribution in [0.2, 0.25) is 0 Å². The number of benzene rings is 1. The van der Waals surface area contributed by atoms with Gasteiger partial charge in [0.05, 0.1) is 0 Å². The summed E-state index contributed by atoms with van der Waals surface area (Å²) >= 11 is 6.29. The molecule has 0 bridgehead atoms. The molecule has 0 aromatic heterocycles. The van der Waals surface area contributed by atoms with E-state index in [0.29, 0.717) is 0 Å². The molecule has 1 nitrogen and oxygen atoms in total. The molecule has 0 spiro atoms. The first-order valence-electron chi connectivity index (χ1n) is 5.16. The predicted octanol–water partition coefficient (Wildman–Crippen LogP) is 5.11. The van der Waals surface area contributed by atoms with E-state index in [4.69, 9.17) is 15.8 Å². The summed E-state index contributed by atoms with van der Waals surface area (Å²) < 4.78 is 5.76. The highest BCUT2D eigenvalue weighted by Gasteiger charge is 2.28. The molecule has 1 atom stereocenters. The number of aryl methyl sites for hydroxylation is 1. The van der Waals surface area contributed by atoms with Gasteiger partial charge < -0.3 is 4.52 Å². The van der Waals surface area contributed by atoms with E-state index >= 15 is 0 Å². The summed E-state index contributed by atoms with van der Waals surface area (Å²) in [5.41, 5.74) is 1.23. The van der Waals surface area contributed by atoms with Gasteiger partial charge in [-0.3, -0.25) is 0 Å². The van der Waals surface area contributed by atoms with E-state index < -0.39 is 7.50 Å². The van der Waals surface area contributed by atoms with Crippen LogP contribution in [0.25, 0.3) is 0 Å². The van der Waals surface area contributed by atoms with Crippen molar-refractivity contribution in [2.45, 2.75) is 39.3 Å². The first-order chi connectivity index (χ1) is 6.95. The lowest BCUT2D eigenvalue weighted by Crippen LogP contribution is -2.15. The smallest absolute Gasteiger partial charge is 0.188 e. The summed E-state index contributed by atoms with van der Waals surface area (Å²) in [6, 6.07) is 8.01. The standard InChI is InChI=1S/C12H18ClOP/c1-5-12(3,4)15(13)14-11-8-6-10(2)7-9-11/h6-9H,5H2,1-4H3. The van der Waals surface area contributed by atoms with Crippen LogP contribution in [0.4, 0.5) is 0 Å². The van der Waals surface area contributed by atoms with Crippen LogP contribution >= 0.6 is 18.7 Å². The Bertz CT molecular complexity index is 308. The van der Waals surface area contributed by atoms with Crippen molar-refractivity contribution in [3.8, 4) is 5.75 Å². The number of hydrogen-bond donors (Lipinski definition) is 0. The Kier molecular flexibility index (Phi) is 4.43. The molecule has 0 radical (unpaired) electrons. The molecule has 1 aromatic carbocycles. The zero-order valence-electron chi connectivity index (χ0n) is 9.75. The van der Waals surface area contributed by atoms with E-state index in [1.807, 2.05) is 24.3 Å². The maximum absolute atomic E-state index is 6.29. The molecule has 1 aromatic rings. The lowest BCUT2D eigenvalue weighted by Gasteiger charge is -2.27.